The maximum Gasteiger partial charge on any atom is 0.228 e. The minimum absolute atomic E-state index is 0.0712. The van der Waals surface area contributed by atoms with Gasteiger partial charge in [0, 0.05) is 6.54 Å². The molecule has 1 heterocycles. The predicted octanol–water partition coefficient (Wildman–Crippen LogP) is 2.79. The molecule has 20 heavy (non-hydrogen) atoms. The molecule has 5 heteroatoms. The van der Waals surface area contributed by atoms with Crippen LogP contribution in [0.15, 0.2) is 41.0 Å². The molecule has 0 atom stereocenters. The number of anilines is 1. The first-order chi connectivity index (χ1) is 9.60. The number of carbonyl (C=O) groups excluding carboxylic acids is 1. The van der Waals surface area contributed by atoms with Gasteiger partial charge in [-0.3, -0.25) is 4.79 Å². The Hall–Kier alpha value is -1.72. The molecular weight excluding hydrogens is 318 g/mol. The highest BCUT2D eigenvalue weighted by atomic mass is 79.9. The average molecular weight is 334 g/mol. The molecule has 1 amide bonds. The van der Waals surface area contributed by atoms with Crippen LogP contribution in [0.25, 0.3) is 0 Å². The van der Waals surface area contributed by atoms with Gasteiger partial charge in [-0.05, 0) is 46.1 Å². The molecule has 2 aromatic rings. The summed E-state index contributed by atoms with van der Waals surface area (Å²) in [7, 11) is 0. The van der Waals surface area contributed by atoms with Gasteiger partial charge in [-0.15, -0.1) is 0 Å². The number of aryl methyl sites for hydroxylation is 1. The molecule has 1 aromatic carbocycles. The van der Waals surface area contributed by atoms with Crippen molar-refractivity contribution in [3.8, 4) is 0 Å². The number of carbonyl (C=O) groups is 1. The van der Waals surface area contributed by atoms with Crippen LogP contribution in [0, 0.1) is 6.92 Å². The standard InChI is InChI=1S/C15H16BrN3O/c1-10-13(6-7-14(16)18-10)19-15(20)8-11-4-2-3-5-12(11)9-17/h2-7H,8-9,17H2,1H3,(H,19,20). The zero-order chi connectivity index (χ0) is 14.5. The molecule has 2 rings (SSSR count). The SMILES string of the molecule is Cc1nc(Br)ccc1NC(=O)Cc1ccccc1CN. The summed E-state index contributed by atoms with van der Waals surface area (Å²) in [5, 5.41) is 2.87. The topological polar surface area (TPSA) is 68.0 Å². The second-order valence-electron chi connectivity index (χ2n) is 4.46. The number of nitrogens with two attached hydrogens (primary N) is 1. The third-order valence-electron chi connectivity index (χ3n) is 3.02. The summed E-state index contributed by atoms with van der Waals surface area (Å²) >= 11 is 3.30. The van der Waals surface area contributed by atoms with Crippen molar-refractivity contribution in [2.45, 2.75) is 19.9 Å². The van der Waals surface area contributed by atoms with Crippen LogP contribution < -0.4 is 11.1 Å². The quantitative estimate of drug-likeness (QED) is 0.845. The minimum atomic E-state index is -0.0712. The number of rotatable bonds is 4. The van der Waals surface area contributed by atoms with Gasteiger partial charge < -0.3 is 11.1 Å². The van der Waals surface area contributed by atoms with E-state index in [1.807, 2.05) is 37.3 Å². The maximum absolute atomic E-state index is 12.1. The number of nitrogens with one attached hydrogen (secondary N) is 1. The third kappa shape index (κ3) is 3.65. The Balaban J connectivity index is 2.09. The number of pyridine rings is 1. The maximum atomic E-state index is 12.1. The van der Waals surface area contributed by atoms with E-state index in [1.54, 1.807) is 6.07 Å². The summed E-state index contributed by atoms with van der Waals surface area (Å²) in [6.45, 7) is 2.29. The van der Waals surface area contributed by atoms with Gasteiger partial charge in [0.2, 0.25) is 5.91 Å². The van der Waals surface area contributed by atoms with Crippen LogP contribution >= 0.6 is 15.9 Å². The third-order valence-corrected chi connectivity index (χ3v) is 3.46. The van der Waals surface area contributed by atoms with Crippen molar-refractivity contribution in [3.63, 3.8) is 0 Å². The Bertz CT molecular complexity index is 628. The van der Waals surface area contributed by atoms with Crippen LogP contribution in [-0.4, -0.2) is 10.9 Å². The van der Waals surface area contributed by atoms with Crippen LogP contribution in [0.5, 0.6) is 0 Å². The summed E-state index contributed by atoms with van der Waals surface area (Å²) in [6.07, 6.45) is 0.308. The molecule has 0 aliphatic carbocycles. The van der Waals surface area contributed by atoms with Crippen LogP contribution in [0.2, 0.25) is 0 Å². The smallest absolute Gasteiger partial charge is 0.228 e. The molecule has 0 aliphatic rings. The predicted molar refractivity (Wildman–Crippen MR) is 83.3 cm³/mol. The Morgan fingerprint density at radius 3 is 2.60 bits per heavy atom. The molecule has 1 aromatic heterocycles. The lowest BCUT2D eigenvalue weighted by Gasteiger charge is -2.10. The van der Waals surface area contributed by atoms with Gasteiger partial charge >= 0.3 is 0 Å². The highest BCUT2D eigenvalue weighted by Gasteiger charge is 2.09. The minimum Gasteiger partial charge on any atom is -0.326 e. The van der Waals surface area contributed by atoms with Crippen molar-refractivity contribution in [1.82, 2.24) is 4.98 Å². The zero-order valence-electron chi connectivity index (χ0n) is 11.2. The molecule has 104 valence electrons. The first kappa shape index (κ1) is 14.7. The lowest BCUT2D eigenvalue weighted by atomic mass is 10.0. The van der Waals surface area contributed by atoms with Gasteiger partial charge in [-0.25, -0.2) is 4.98 Å². The van der Waals surface area contributed by atoms with Crippen molar-refractivity contribution in [2.75, 3.05) is 5.32 Å². The molecule has 0 radical (unpaired) electrons. The van der Waals surface area contributed by atoms with E-state index < -0.39 is 0 Å². The van der Waals surface area contributed by atoms with Gasteiger partial charge in [-0.2, -0.15) is 0 Å². The zero-order valence-corrected chi connectivity index (χ0v) is 12.8. The molecule has 4 nitrogen and oxygen atoms in total. The van der Waals surface area contributed by atoms with Crippen molar-refractivity contribution < 1.29 is 4.79 Å². The first-order valence-corrected chi connectivity index (χ1v) is 7.09. The second-order valence-corrected chi connectivity index (χ2v) is 5.28. The fraction of sp³-hybridized carbons (Fsp3) is 0.200. The van der Waals surface area contributed by atoms with Crippen molar-refractivity contribution in [2.24, 2.45) is 5.73 Å². The van der Waals surface area contributed by atoms with E-state index in [0.717, 1.165) is 27.1 Å². The highest BCUT2D eigenvalue weighted by molar-refractivity contribution is 9.10. The largest absolute Gasteiger partial charge is 0.326 e. The lowest BCUT2D eigenvalue weighted by Crippen LogP contribution is -2.17. The van der Waals surface area contributed by atoms with Crippen LogP contribution in [0.3, 0.4) is 0 Å². The van der Waals surface area contributed by atoms with Crippen LogP contribution in [-0.2, 0) is 17.8 Å². The Morgan fingerprint density at radius 1 is 1.25 bits per heavy atom. The summed E-state index contributed by atoms with van der Waals surface area (Å²) in [5.74, 6) is -0.0712. The van der Waals surface area contributed by atoms with Gasteiger partial charge in [0.15, 0.2) is 0 Å². The van der Waals surface area contributed by atoms with Gasteiger partial charge in [0.1, 0.15) is 4.60 Å². The summed E-state index contributed by atoms with van der Waals surface area (Å²) < 4.78 is 0.751. The first-order valence-electron chi connectivity index (χ1n) is 6.30. The number of hydrogen-bond acceptors (Lipinski definition) is 3. The monoisotopic (exact) mass is 333 g/mol. The number of benzene rings is 1. The van der Waals surface area contributed by atoms with Crippen molar-refractivity contribution in [1.29, 1.82) is 0 Å². The molecule has 0 unspecified atom stereocenters. The molecular formula is C15H16BrN3O. The Labute approximate surface area is 126 Å². The van der Waals surface area contributed by atoms with E-state index in [4.69, 9.17) is 5.73 Å². The molecule has 0 spiro atoms. The number of nitrogens with zero attached hydrogens (tertiary/aromatic N) is 1. The molecule has 0 aliphatic heterocycles. The summed E-state index contributed by atoms with van der Waals surface area (Å²) in [6, 6.07) is 11.3. The fourth-order valence-corrected chi connectivity index (χ4v) is 2.36. The number of aromatic nitrogens is 1. The van der Waals surface area contributed by atoms with Crippen molar-refractivity contribution >= 4 is 27.5 Å². The van der Waals surface area contributed by atoms with Gasteiger partial charge in [0.05, 0.1) is 17.8 Å². The van der Waals surface area contributed by atoms with E-state index in [1.165, 1.54) is 0 Å². The molecule has 0 bridgehead atoms. The van der Waals surface area contributed by atoms with Gasteiger partial charge in [0.25, 0.3) is 0 Å². The number of halogens is 1. The van der Waals surface area contributed by atoms with E-state index >= 15 is 0 Å². The number of hydrogen-bond donors (Lipinski definition) is 2. The normalized spacial score (nSPS) is 10.3. The summed E-state index contributed by atoms with van der Waals surface area (Å²) in [5.41, 5.74) is 9.12. The van der Waals surface area contributed by atoms with Crippen molar-refractivity contribution in [3.05, 3.63) is 57.8 Å². The fourth-order valence-electron chi connectivity index (χ4n) is 1.96. The van der Waals surface area contributed by atoms with E-state index in [0.29, 0.717) is 13.0 Å². The Morgan fingerprint density at radius 2 is 1.95 bits per heavy atom. The van der Waals surface area contributed by atoms with Crippen LogP contribution in [0.1, 0.15) is 16.8 Å². The molecule has 3 N–H and O–H groups in total. The van der Waals surface area contributed by atoms with Crippen LogP contribution in [0.4, 0.5) is 5.69 Å². The van der Waals surface area contributed by atoms with E-state index in [9.17, 15) is 4.79 Å². The average Bonchev–Trinajstić information content (AvgIpc) is 2.42. The Kier molecular flexibility index (Phi) is 4.87. The van der Waals surface area contributed by atoms with E-state index in [2.05, 4.69) is 26.2 Å². The molecule has 0 saturated heterocycles. The van der Waals surface area contributed by atoms with E-state index in [-0.39, 0.29) is 5.91 Å². The molecule has 0 fully saturated rings. The molecule has 0 saturated carbocycles. The second kappa shape index (κ2) is 6.63. The summed E-state index contributed by atoms with van der Waals surface area (Å²) in [4.78, 5) is 16.3. The lowest BCUT2D eigenvalue weighted by molar-refractivity contribution is -0.115. The number of amides is 1. The highest BCUT2D eigenvalue weighted by Crippen LogP contribution is 2.17. The van der Waals surface area contributed by atoms with Gasteiger partial charge in [-0.1, -0.05) is 24.3 Å².